The minimum atomic E-state index is -0.0297. The molecule has 35 heavy (non-hydrogen) atoms. The summed E-state index contributed by atoms with van der Waals surface area (Å²) in [6, 6.07) is 10.4. The van der Waals surface area contributed by atoms with Crippen molar-refractivity contribution in [3.8, 4) is 0 Å². The molecule has 3 aromatic heterocycles. The predicted octanol–water partition coefficient (Wildman–Crippen LogP) is 4.91. The number of aryl methyl sites for hydroxylation is 2. The van der Waals surface area contributed by atoms with Crippen molar-refractivity contribution in [3.05, 3.63) is 75.2 Å². The maximum Gasteiger partial charge on any atom is 0.252 e. The Kier molecular flexibility index (Phi) is 6.56. The van der Waals surface area contributed by atoms with Crippen LogP contribution >= 0.6 is 0 Å². The van der Waals surface area contributed by atoms with Gasteiger partial charge in [-0.25, -0.2) is 4.68 Å². The first kappa shape index (κ1) is 23.5. The van der Waals surface area contributed by atoms with Gasteiger partial charge in [-0.15, -0.1) is 5.10 Å². The van der Waals surface area contributed by atoms with Crippen LogP contribution in [0.1, 0.15) is 73.8 Å². The summed E-state index contributed by atoms with van der Waals surface area (Å²) in [6.07, 6.45) is 6.31. The molecule has 8 nitrogen and oxygen atoms in total. The highest BCUT2D eigenvalue weighted by Crippen LogP contribution is 2.36. The third-order valence-electron chi connectivity index (χ3n) is 7.47. The van der Waals surface area contributed by atoms with E-state index < -0.39 is 0 Å². The number of aromatic nitrogens is 5. The van der Waals surface area contributed by atoms with Crippen molar-refractivity contribution in [2.24, 2.45) is 5.92 Å². The second kappa shape index (κ2) is 9.77. The molecule has 8 heteroatoms. The number of aromatic amines is 1. The number of fused-ring (bicyclic) bond motifs is 1. The van der Waals surface area contributed by atoms with Crippen LogP contribution in [-0.4, -0.2) is 36.1 Å². The van der Waals surface area contributed by atoms with Gasteiger partial charge in [0.25, 0.3) is 5.56 Å². The first-order chi connectivity index (χ1) is 16.9. The highest BCUT2D eigenvalue weighted by molar-refractivity contribution is 5.83. The molecule has 1 aliphatic carbocycles. The molecular formula is C27H34N6O2. The molecule has 0 unspecified atom stereocenters. The topological polar surface area (TPSA) is 92.8 Å². The van der Waals surface area contributed by atoms with Crippen molar-refractivity contribution in [2.75, 3.05) is 0 Å². The van der Waals surface area contributed by atoms with Crippen LogP contribution < -0.4 is 5.56 Å². The van der Waals surface area contributed by atoms with E-state index in [9.17, 15) is 4.79 Å². The number of hydrogen-bond donors (Lipinski definition) is 1. The quantitative estimate of drug-likeness (QED) is 0.390. The Morgan fingerprint density at radius 3 is 2.71 bits per heavy atom. The Balaban J connectivity index is 1.54. The molecule has 4 aromatic rings. The largest absolute Gasteiger partial charge is 0.467 e. The average molecular weight is 475 g/mol. The molecule has 5 rings (SSSR count). The summed E-state index contributed by atoms with van der Waals surface area (Å²) >= 11 is 0. The van der Waals surface area contributed by atoms with Crippen LogP contribution in [0.25, 0.3) is 10.9 Å². The molecule has 1 aliphatic rings. The fourth-order valence-corrected chi connectivity index (χ4v) is 5.49. The molecule has 0 spiro atoms. The standard InChI is InChI=1S/C27H34N6O2/c1-17(2)25(26-29-30-31-33(26)16-23-10-7-13-35-23)32(22-8-5-6-9-22)15-21-14-20-12-11-18(3)19(4)24(20)28-27(21)34/h7,10-14,17,22,25H,5-6,8-9,15-16H2,1-4H3,(H,28,34)/t25-/m0/s1. The molecular weight excluding hydrogens is 440 g/mol. The summed E-state index contributed by atoms with van der Waals surface area (Å²) in [5.74, 6) is 1.87. The molecule has 0 aliphatic heterocycles. The summed E-state index contributed by atoms with van der Waals surface area (Å²) in [6.45, 7) is 9.57. The molecule has 1 fully saturated rings. The van der Waals surface area contributed by atoms with E-state index in [0.29, 0.717) is 19.1 Å². The summed E-state index contributed by atoms with van der Waals surface area (Å²) < 4.78 is 7.39. The minimum Gasteiger partial charge on any atom is -0.467 e. The molecule has 184 valence electrons. The lowest BCUT2D eigenvalue weighted by atomic mass is 9.97. The Labute approximate surface area is 205 Å². The van der Waals surface area contributed by atoms with E-state index >= 15 is 0 Å². The van der Waals surface area contributed by atoms with E-state index in [-0.39, 0.29) is 17.5 Å². The van der Waals surface area contributed by atoms with Crippen molar-refractivity contribution in [1.29, 1.82) is 0 Å². The van der Waals surface area contributed by atoms with Crippen LogP contribution in [0.3, 0.4) is 0 Å². The SMILES string of the molecule is Cc1ccc2cc(CN(C3CCCC3)[C@H](c3nnnn3Cc3ccco3)C(C)C)c(=O)[nH]c2c1C. The van der Waals surface area contributed by atoms with Gasteiger partial charge in [-0.05, 0) is 77.7 Å². The van der Waals surface area contributed by atoms with Gasteiger partial charge in [0.2, 0.25) is 0 Å². The number of nitrogens with one attached hydrogen (secondary N) is 1. The van der Waals surface area contributed by atoms with Gasteiger partial charge in [-0.3, -0.25) is 9.69 Å². The Morgan fingerprint density at radius 1 is 1.20 bits per heavy atom. The Morgan fingerprint density at radius 2 is 2.00 bits per heavy atom. The van der Waals surface area contributed by atoms with E-state index in [0.717, 1.165) is 46.5 Å². The van der Waals surface area contributed by atoms with Crippen molar-refractivity contribution in [2.45, 2.75) is 78.6 Å². The molecule has 3 heterocycles. The average Bonchev–Trinajstić information content (AvgIpc) is 3.61. The van der Waals surface area contributed by atoms with Crippen LogP contribution in [0.5, 0.6) is 0 Å². The fraction of sp³-hybridized carbons (Fsp3) is 0.481. The maximum absolute atomic E-state index is 13.3. The van der Waals surface area contributed by atoms with E-state index in [1.54, 1.807) is 6.26 Å². The van der Waals surface area contributed by atoms with E-state index in [1.807, 2.05) is 16.8 Å². The number of nitrogens with zero attached hydrogens (tertiary/aromatic N) is 5. The van der Waals surface area contributed by atoms with Gasteiger partial charge < -0.3 is 9.40 Å². The van der Waals surface area contributed by atoms with E-state index in [1.165, 1.54) is 18.4 Å². The fourth-order valence-electron chi connectivity index (χ4n) is 5.49. The lowest BCUT2D eigenvalue weighted by Gasteiger charge is -2.37. The number of H-pyrrole nitrogens is 1. The van der Waals surface area contributed by atoms with Crippen LogP contribution in [0, 0.1) is 19.8 Å². The number of benzene rings is 1. The van der Waals surface area contributed by atoms with Gasteiger partial charge in [0.1, 0.15) is 12.3 Å². The molecule has 0 bridgehead atoms. The highest BCUT2D eigenvalue weighted by Gasteiger charge is 2.35. The van der Waals surface area contributed by atoms with Gasteiger partial charge in [-0.1, -0.05) is 38.8 Å². The van der Waals surface area contributed by atoms with Gasteiger partial charge >= 0.3 is 0 Å². The minimum absolute atomic E-state index is 0.0214. The second-order valence-corrected chi connectivity index (χ2v) is 10.2. The number of furan rings is 1. The Hall–Kier alpha value is -3.26. The normalized spacial score (nSPS) is 15.6. The highest BCUT2D eigenvalue weighted by atomic mass is 16.3. The van der Waals surface area contributed by atoms with Crippen LogP contribution in [0.15, 0.2) is 45.8 Å². The van der Waals surface area contributed by atoms with Crippen molar-refractivity contribution < 1.29 is 4.42 Å². The smallest absolute Gasteiger partial charge is 0.252 e. The zero-order chi connectivity index (χ0) is 24.5. The zero-order valence-corrected chi connectivity index (χ0v) is 21.0. The van der Waals surface area contributed by atoms with Crippen molar-refractivity contribution in [3.63, 3.8) is 0 Å². The Bertz CT molecular complexity index is 1350. The second-order valence-electron chi connectivity index (χ2n) is 10.2. The first-order valence-electron chi connectivity index (χ1n) is 12.6. The third-order valence-corrected chi connectivity index (χ3v) is 7.47. The molecule has 0 saturated heterocycles. The van der Waals surface area contributed by atoms with Crippen LogP contribution in [-0.2, 0) is 13.1 Å². The van der Waals surface area contributed by atoms with Crippen molar-refractivity contribution in [1.82, 2.24) is 30.1 Å². The zero-order valence-electron chi connectivity index (χ0n) is 21.0. The first-order valence-corrected chi connectivity index (χ1v) is 12.6. The molecule has 0 amide bonds. The lowest BCUT2D eigenvalue weighted by molar-refractivity contribution is 0.0842. The number of pyridine rings is 1. The van der Waals surface area contributed by atoms with Gasteiger partial charge in [0.05, 0.1) is 17.8 Å². The van der Waals surface area contributed by atoms with Gasteiger partial charge in [0.15, 0.2) is 5.82 Å². The molecule has 0 radical (unpaired) electrons. The monoisotopic (exact) mass is 474 g/mol. The van der Waals surface area contributed by atoms with Crippen LogP contribution in [0.2, 0.25) is 0 Å². The van der Waals surface area contributed by atoms with Gasteiger partial charge in [0, 0.05) is 18.2 Å². The van der Waals surface area contributed by atoms with E-state index in [2.05, 4.69) is 71.3 Å². The maximum atomic E-state index is 13.3. The number of hydrogen-bond acceptors (Lipinski definition) is 6. The summed E-state index contributed by atoms with van der Waals surface area (Å²) in [5, 5.41) is 13.9. The summed E-state index contributed by atoms with van der Waals surface area (Å²) in [4.78, 5) is 18.9. The molecule has 1 saturated carbocycles. The molecule has 1 N–H and O–H groups in total. The molecule has 1 aromatic carbocycles. The number of tetrazole rings is 1. The third kappa shape index (κ3) is 4.67. The van der Waals surface area contributed by atoms with Crippen molar-refractivity contribution >= 4 is 10.9 Å². The summed E-state index contributed by atoms with van der Waals surface area (Å²) in [7, 11) is 0. The lowest BCUT2D eigenvalue weighted by Crippen LogP contribution is -2.41. The molecule has 1 atom stereocenters. The predicted molar refractivity (Wildman–Crippen MR) is 135 cm³/mol. The van der Waals surface area contributed by atoms with E-state index in [4.69, 9.17) is 4.42 Å². The summed E-state index contributed by atoms with van der Waals surface area (Å²) in [5.41, 5.74) is 3.98. The van der Waals surface area contributed by atoms with Gasteiger partial charge in [-0.2, -0.15) is 0 Å². The number of rotatable bonds is 8. The van der Waals surface area contributed by atoms with Crippen LogP contribution in [0.4, 0.5) is 0 Å².